The zero-order valence-electron chi connectivity index (χ0n) is 14.6. The van der Waals surface area contributed by atoms with E-state index in [0.717, 1.165) is 16.9 Å². The molecule has 25 heavy (non-hydrogen) atoms. The van der Waals surface area contributed by atoms with Crippen molar-refractivity contribution in [2.75, 3.05) is 12.4 Å². The Balaban J connectivity index is 2.12. The standard InChI is InChI=1S/C20H22N2O3/c1-13(11-15-7-4-5-10-18(15)25-3)12-19(23)22-17-9-6-8-16(14(17)2)20(21)24/h4-10,12H,11H2,1-3H3,(H2,21,24)(H,22,23)/b13-12-. The van der Waals surface area contributed by atoms with E-state index < -0.39 is 5.91 Å². The molecule has 3 N–H and O–H groups in total. The third-order valence-corrected chi connectivity index (χ3v) is 3.90. The van der Waals surface area contributed by atoms with Gasteiger partial charge in [-0.25, -0.2) is 0 Å². The van der Waals surface area contributed by atoms with Crippen molar-refractivity contribution >= 4 is 17.5 Å². The van der Waals surface area contributed by atoms with Gasteiger partial charge in [-0.05, 0) is 49.6 Å². The maximum Gasteiger partial charge on any atom is 0.249 e. The normalized spacial score (nSPS) is 11.1. The second-order valence-electron chi connectivity index (χ2n) is 5.81. The summed E-state index contributed by atoms with van der Waals surface area (Å²) in [7, 11) is 1.62. The number of methoxy groups -OCH3 is 1. The molecule has 130 valence electrons. The summed E-state index contributed by atoms with van der Waals surface area (Å²) in [5, 5.41) is 2.80. The summed E-state index contributed by atoms with van der Waals surface area (Å²) in [5.41, 5.74) is 8.86. The quantitative estimate of drug-likeness (QED) is 0.794. The van der Waals surface area contributed by atoms with Gasteiger partial charge in [0.2, 0.25) is 11.8 Å². The van der Waals surface area contributed by atoms with Gasteiger partial charge in [-0.2, -0.15) is 0 Å². The van der Waals surface area contributed by atoms with Crippen LogP contribution in [0.1, 0.15) is 28.4 Å². The number of primary amides is 1. The largest absolute Gasteiger partial charge is 0.496 e. The molecule has 0 saturated carbocycles. The van der Waals surface area contributed by atoms with Gasteiger partial charge in [0.05, 0.1) is 7.11 Å². The molecular weight excluding hydrogens is 316 g/mol. The minimum atomic E-state index is -0.517. The molecule has 2 aromatic carbocycles. The lowest BCUT2D eigenvalue weighted by atomic mass is 10.0. The first kappa shape index (κ1) is 18.3. The Labute approximate surface area is 147 Å². The number of benzene rings is 2. The Morgan fingerprint density at radius 1 is 1.16 bits per heavy atom. The number of nitrogens with one attached hydrogen (secondary N) is 1. The van der Waals surface area contributed by atoms with Crippen LogP contribution in [0.15, 0.2) is 54.1 Å². The number of hydrogen-bond donors (Lipinski definition) is 2. The van der Waals surface area contributed by atoms with Gasteiger partial charge in [0, 0.05) is 17.3 Å². The molecule has 0 aromatic heterocycles. The molecule has 0 saturated heterocycles. The predicted molar refractivity (Wildman–Crippen MR) is 98.8 cm³/mol. The fraction of sp³-hybridized carbons (Fsp3) is 0.200. The molecule has 2 aromatic rings. The Kier molecular flexibility index (Phi) is 5.95. The van der Waals surface area contributed by atoms with Crippen molar-refractivity contribution in [1.29, 1.82) is 0 Å². The molecule has 0 fully saturated rings. The van der Waals surface area contributed by atoms with Crippen LogP contribution in [0.4, 0.5) is 5.69 Å². The Morgan fingerprint density at radius 3 is 2.56 bits per heavy atom. The van der Waals surface area contributed by atoms with E-state index in [1.165, 1.54) is 0 Å². The number of anilines is 1. The summed E-state index contributed by atoms with van der Waals surface area (Å²) < 4.78 is 5.33. The van der Waals surface area contributed by atoms with Crippen molar-refractivity contribution in [3.8, 4) is 5.75 Å². The minimum Gasteiger partial charge on any atom is -0.496 e. The number of rotatable bonds is 6. The van der Waals surface area contributed by atoms with Crippen LogP contribution in [0, 0.1) is 6.92 Å². The number of carbonyl (C=O) groups excluding carboxylic acids is 2. The summed E-state index contributed by atoms with van der Waals surface area (Å²) in [5.74, 6) is 0.0225. The summed E-state index contributed by atoms with van der Waals surface area (Å²) in [6.45, 7) is 3.64. The van der Waals surface area contributed by atoms with Crippen LogP contribution in [-0.2, 0) is 11.2 Å². The van der Waals surface area contributed by atoms with Gasteiger partial charge in [0.15, 0.2) is 0 Å². The Hall–Kier alpha value is -3.08. The molecule has 0 heterocycles. The van der Waals surface area contributed by atoms with E-state index in [2.05, 4.69) is 5.32 Å². The summed E-state index contributed by atoms with van der Waals surface area (Å²) in [4.78, 5) is 23.7. The topological polar surface area (TPSA) is 81.4 Å². The first-order valence-electron chi connectivity index (χ1n) is 7.92. The van der Waals surface area contributed by atoms with Gasteiger partial charge in [0.25, 0.3) is 0 Å². The molecule has 2 rings (SSSR count). The van der Waals surface area contributed by atoms with Crippen LogP contribution in [0.2, 0.25) is 0 Å². The highest BCUT2D eigenvalue weighted by atomic mass is 16.5. The van der Waals surface area contributed by atoms with Gasteiger partial charge in [-0.15, -0.1) is 0 Å². The van der Waals surface area contributed by atoms with Crippen LogP contribution in [0.5, 0.6) is 5.75 Å². The molecule has 0 unspecified atom stereocenters. The van der Waals surface area contributed by atoms with Crippen LogP contribution < -0.4 is 15.8 Å². The maximum atomic E-state index is 12.3. The van der Waals surface area contributed by atoms with Crippen molar-refractivity contribution in [3.63, 3.8) is 0 Å². The van der Waals surface area contributed by atoms with Crippen LogP contribution in [-0.4, -0.2) is 18.9 Å². The lowest BCUT2D eigenvalue weighted by Crippen LogP contribution is -2.15. The van der Waals surface area contributed by atoms with E-state index in [9.17, 15) is 9.59 Å². The van der Waals surface area contributed by atoms with Crippen molar-refractivity contribution in [1.82, 2.24) is 0 Å². The molecule has 5 heteroatoms. The van der Waals surface area contributed by atoms with Gasteiger partial charge in [0.1, 0.15) is 5.75 Å². The zero-order chi connectivity index (χ0) is 18.4. The molecule has 5 nitrogen and oxygen atoms in total. The minimum absolute atomic E-state index is 0.253. The second kappa shape index (κ2) is 8.15. The summed E-state index contributed by atoms with van der Waals surface area (Å²) >= 11 is 0. The third-order valence-electron chi connectivity index (χ3n) is 3.90. The molecule has 2 amide bonds. The highest BCUT2D eigenvalue weighted by molar-refractivity contribution is 6.02. The first-order chi connectivity index (χ1) is 11.9. The highest BCUT2D eigenvalue weighted by Crippen LogP contribution is 2.21. The van der Waals surface area contributed by atoms with Crippen molar-refractivity contribution in [2.24, 2.45) is 5.73 Å². The van der Waals surface area contributed by atoms with E-state index in [4.69, 9.17) is 10.5 Å². The van der Waals surface area contributed by atoms with Crippen LogP contribution >= 0.6 is 0 Å². The van der Waals surface area contributed by atoms with Crippen molar-refractivity contribution < 1.29 is 14.3 Å². The van der Waals surface area contributed by atoms with Gasteiger partial charge >= 0.3 is 0 Å². The fourth-order valence-electron chi connectivity index (χ4n) is 2.63. The van der Waals surface area contributed by atoms with Crippen molar-refractivity contribution in [2.45, 2.75) is 20.3 Å². The predicted octanol–water partition coefficient (Wildman–Crippen LogP) is 3.23. The number of para-hydroxylation sites is 1. The highest BCUT2D eigenvalue weighted by Gasteiger charge is 2.10. The molecular formula is C20H22N2O3. The third kappa shape index (κ3) is 4.70. The van der Waals surface area contributed by atoms with Gasteiger partial charge in [-0.1, -0.05) is 29.8 Å². The van der Waals surface area contributed by atoms with Gasteiger partial charge < -0.3 is 15.8 Å². The monoisotopic (exact) mass is 338 g/mol. The smallest absolute Gasteiger partial charge is 0.249 e. The Bertz CT molecular complexity index is 825. The molecule has 0 radical (unpaired) electrons. The van der Waals surface area contributed by atoms with Crippen LogP contribution in [0.3, 0.4) is 0 Å². The van der Waals surface area contributed by atoms with E-state index in [1.54, 1.807) is 38.3 Å². The first-order valence-corrected chi connectivity index (χ1v) is 7.92. The number of allylic oxidation sites excluding steroid dienone is 1. The zero-order valence-corrected chi connectivity index (χ0v) is 14.6. The summed E-state index contributed by atoms with van der Waals surface area (Å²) in [6, 6.07) is 12.8. The number of hydrogen-bond acceptors (Lipinski definition) is 3. The van der Waals surface area contributed by atoms with E-state index in [0.29, 0.717) is 23.2 Å². The molecule has 0 spiro atoms. The fourth-order valence-corrected chi connectivity index (χ4v) is 2.63. The lowest BCUT2D eigenvalue weighted by molar-refractivity contribution is -0.112. The van der Waals surface area contributed by atoms with Gasteiger partial charge in [-0.3, -0.25) is 9.59 Å². The average molecular weight is 338 g/mol. The van der Waals surface area contributed by atoms with Crippen LogP contribution in [0.25, 0.3) is 0 Å². The molecule has 0 bridgehead atoms. The van der Waals surface area contributed by atoms with E-state index in [-0.39, 0.29) is 5.91 Å². The van der Waals surface area contributed by atoms with E-state index in [1.807, 2.05) is 31.2 Å². The molecule has 0 atom stereocenters. The number of nitrogens with two attached hydrogens (primary N) is 1. The molecule has 0 aliphatic heterocycles. The maximum absolute atomic E-state index is 12.3. The Morgan fingerprint density at radius 2 is 1.88 bits per heavy atom. The lowest BCUT2D eigenvalue weighted by Gasteiger charge is -2.11. The second-order valence-corrected chi connectivity index (χ2v) is 5.81. The van der Waals surface area contributed by atoms with Crippen molar-refractivity contribution in [3.05, 3.63) is 70.8 Å². The summed E-state index contributed by atoms with van der Waals surface area (Å²) in [6.07, 6.45) is 2.15. The number of ether oxygens (including phenoxy) is 1. The van der Waals surface area contributed by atoms with E-state index >= 15 is 0 Å². The molecule has 0 aliphatic rings. The molecule has 0 aliphatic carbocycles. The average Bonchev–Trinajstić information content (AvgIpc) is 2.56. The number of carbonyl (C=O) groups is 2. The SMILES string of the molecule is COc1ccccc1C/C(C)=C\C(=O)Nc1cccc(C(N)=O)c1C. The number of amides is 2.